The van der Waals surface area contributed by atoms with Gasteiger partial charge < -0.3 is 0 Å². The van der Waals surface area contributed by atoms with Gasteiger partial charge in [-0.1, -0.05) is 13.8 Å². The molecule has 3 aliphatic rings. The molecule has 0 spiro atoms. The highest BCUT2D eigenvalue weighted by Crippen LogP contribution is 2.55. The van der Waals surface area contributed by atoms with Crippen LogP contribution >= 0.6 is 34.0 Å². The van der Waals surface area contributed by atoms with E-state index in [4.69, 9.17) is 6.57 Å². The van der Waals surface area contributed by atoms with E-state index in [1.165, 1.54) is 24.4 Å². The first-order valence-corrected chi connectivity index (χ1v) is 15.3. The van der Waals surface area contributed by atoms with Crippen molar-refractivity contribution in [2.45, 2.75) is 33.1 Å². The summed E-state index contributed by atoms with van der Waals surface area (Å²) < 4.78 is 4.52. The number of carbonyl (C=O) groups is 4. The summed E-state index contributed by atoms with van der Waals surface area (Å²) in [7, 11) is 2.78. The number of nitrogens with zero attached hydrogens (tertiary/aromatic N) is 4. The fourth-order valence-corrected chi connectivity index (χ4v) is 10.0. The first kappa shape index (κ1) is 27.7. The van der Waals surface area contributed by atoms with Crippen molar-refractivity contribution in [2.75, 3.05) is 14.1 Å². The number of fused-ring (bicyclic) bond motifs is 5. The number of hydrogen-bond donors (Lipinski definition) is 0. The third-order valence-electron chi connectivity index (χ3n) is 8.10. The Bertz CT molecular complexity index is 2110. The molecule has 4 amide bonds. The van der Waals surface area contributed by atoms with E-state index < -0.39 is 29.0 Å². The van der Waals surface area contributed by atoms with E-state index in [0.717, 1.165) is 39.2 Å². The molecule has 0 radical (unpaired) electrons. The van der Waals surface area contributed by atoms with Crippen LogP contribution in [0.4, 0.5) is 0 Å². The van der Waals surface area contributed by atoms with Gasteiger partial charge in [-0.15, -0.1) is 34.0 Å². The third kappa shape index (κ3) is 3.68. The van der Waals surface area contributed by atoms with Crippen LogP contribution in [0, 0.1) is 17.9 Å². The number of hydrogen-bond acceptors (Lipinski definition) is 8. The molecule has 0 atom stereocenters. The van der Waals surface area contributed by atoms with Gasteiger partial charge in [-0.3, -0.25) is 29.0 Å². The molecule has 8 nitrogen and oxygen atoms in total. The van der Waals surface area contributed by atoms with Crippen LogP contribution in [-0.2, 0) is 24.6 Å². The standard InChI is InChI=1S/C31H22N4O4S3/c1-13-17(27(36)34(6)29(38)19(13)12-32)8-15-9-20-22(31(15,3)4)25-26(41-20)24-21(42-25)11-16(40-24)10-18-14(2)23(33-5)30(39)35(7)28(18)37/h8-11H,1-4,6-7H3/b17-8+,18-10+. The van der Waals surface area contributed by atoms with Crippen LogP contribution in [0.5, 0.6) is 0 Å². The summed E-state index contributed by atoms with van der Waals surface area (Å²) in [5, 5.41) is 9.52. The number of thiophene rings is 3. The van der Waals surface area contributed by atoms with Gasteiger partial charge in [0.1, 0.15) is 11.6 Å². The Hall–Kier alpha value is -4.42. The average molecular weight is 611 g/mol. The van der Waals surface area contributed by atoms with Gasteiger partial charge >= 0.3 is 0 Å². The van der Waals surface area contributed by atoms with Crippen LogP contribution in [0.25, 0.3) is 35.8 Å². The van der Waals surface area contributed by atoms with Gasteiger partial charge in [0.15, 0.2) is 0 Å². The Balaban J connectivity index is 1.44. The maximum absolute atomic E-state index is 13.0. The Labute approximate surface area is 253 Å². The molecule has 6 rings (SSSR count). The van der Waals surface area contributed by atoms with Crippen molar-refractivity contribution >= 4 is 88.6 Å². The number of imide groups is 2. The van der Waals surface area contributed by atoms with E-state index in [0.29, 0.717) is 22.3 Å². The lowest BCUT2D eigenvalue weighted by atomic mass is 9.80. The molecule has 42 heavy (non-hydrogen) atoms. The number of likely N-dealkylation sites (N-methyl/N-ethyl adjacent to an activating group) is 2. The quantitative estimate of drug-likeness (QED) is 0.196. The Morgan fingerprint density at radius 2 is 1.52 bits per heavy atom. The molecule has 5 heterocycles. The summed E-state index contributed by atoms with van der Waals surface area (Å²) in [4.78, 5) is 57.9. The van der Waals surface area contributed by atoms with Gasteiger partial charge in [0.05, 0.1) is 20.7 Å². The van der Waals surface area contributed by atoms with Gasteiger partial charge in [-0.25, -0.2) is 4.85 Å². The van der Waals surface area contributed by atoms with Crippen LogP contribution < -0.4 is 0 Å². The molecule has 2 aliphatic heterocycles. The summed E-state index contributed by atoms with van der Waals surface area (Å²) in [6, 6.07) is 3.98. The van der Waals surface area contributed by atoms with Crippen molar-refractivity contribution in [3.8, 4) is 6.07 Å². The summed E-state index contributed by atoms with van der Waals surface area (Å²) >= 11 is 4.92. The molecule has 3 aromatic rings. The molecule has 0 bridgehead atoms. The number of nitriles is 1. The number of amides is 4. The zero-order valence-electron chi connectivity index (χ0n) is 23.5. The highest BCUT2D eigenvalue weighted by molar-refractivity contribution is 7.39. The van der Waals surface area contributed by atoms with Gasteiger partial charge in [0, 0.05) is 45.1 Å². The molecular weight excluding hydrogens is 589 g/mol. The Kier molecular flexibility index (Phi) is 6.14. The van der Waals surface area contributed by atoms with Crippen LogP contribution in [0.15, 0.2) is 51.3 Å². The van der Waals surface area contributed by atoms with E-state index in [2.05, 4.69) is 24.8 Å². The Morgan fingerprint density at radius 1 is 0.881 bits per heavy atom. The highest BCUT2D eigenvalue weighted by atomic mass is 32.1. The first-order valence-electron chi connectivity index (χ1n) is 12.8. The number of carbonyl (C=O) groups excluding carboxylic acids is 4. The zero-order chi connectivity index (χ0) is 30.4. The van der Waals surface area contributed by atoms with E-state index in [9.17, 15) is 24.4 Å². The molecule has 0 N–H and O–H groups in total. The van der Waals surface area contributed by atoms with E-state index in [1.807, 2.05) is 18.2 Å². The van der Waals surface area contributed by atoms with Crippen LogP contribution in [-0.4, -0.2) is 47.5 Å². The lowest BCUT2D eigenvalue weighted by Gasteiger charge is -2.26. The van der Waals surface area contributed by atoms with Gasteiger partial charge in [-0.2, -0.15) is 5.26 Å². The lowest BCUT2D eigenvalue weighted by Crippen LogP contribution is -2.39. The molecule has 3 aromatic heterocycles. The minimum absolute atomic E-state index is 0.0228. The minimum atomic E-state index is -0.585. The fourth-order valence-electron chi connectivity index (χ4n) is 5.55. The summed E-state index contributed by atoms with van der Waals surface area (Å²) in [5.74, 6) is -2.01. The monoisotopic (exact) mass is 610 g/mol. The molecule has 11 heteroatoms. The smallest absolute Gasteiger partial charge is 0.271 e. The predicted molar refractivity (Wildman–Crippen MR) is 165 cm³/mol. The molecule has 0 saturated carbocycles. The van der Waals surface area contributed by atoms with Crippen molar-refractivity contribution in [2.24, 2.45) is 0 Å². The topological polar surface area (TPSA) is 103 Å². The molecule has 0 unspecified atom stereocenters. The van der Waals surface area contributed by atoms with Crippen molar-refractivity contribution in [3.05, 3.63) is 78.0 Å². The van der Waals surface area contributed by atoms with E-state index in [1.54, 1.807) is 53.9 Å². The molecule has 208 valence electrons. The van der Waals surface area contributed by atoms with Crippen molar-refractivity contribution < 1.29 is 19.2 Å². The third-order valence-corrected chi connectivity index (χ3v) is 11.9. The van der Waals surface area contributed by atoms with Crippen molar-refractivity contribution in [1.29, 1.82) is 5.26 Å². The average Bonchev–Trinajstić information content (AvgIpc) is 3.65. The Morgan fingerprint density at radius 3 is 2.17 bits per heavy atom. The van der Waals surface area contributed by atoms with E-state index >= 15 is 0 Å². The summed E-state index contributed by atoms with van der Waals surface area (Å²) in [6.07, 6.45) is 5.66. The van der Waals surface area contributed by atoms with Gasteiger partial charge in [0.2, 0.25) is 0 Å². The normalized spacial score (nSPS) is 20.9. The number of allylic oxidation sites excluding steroid dienone is 2. The minimum Gasteiger partial charge on any atom is -0.287 e. The van der Waals surface area contributed by atoms with Crippen molar-refractivity contribution in [1.82, 2.24) is 9.80 Å². The van der Waals surface area contributed by atoms with Gasteiger partial charge in [-0.05, 0) is 60.4 Å². The maximum Gasteiger partial charge on any atom is 0.271 e. The second-order valence-corrected chi connectivity index (χ2v) is 14.0. The highest BCUT2D eigenvalue weighted by Gasteiger charge is 2.39. The number of rotatable bonds is 2. The van der Waals surface area contributed by atoms with Crippen molar-refractivity contribution in [3.63, 3.8) is 0 Å². The first-order chi connectivity index (χ1) is 19.8. The second kappa shape index (κ2) is 9.30. The molecular formula is C31H22N4O4S3. The fraction of sp³-hybridized carbons (Fsp3) is 0.226. The van der Waals surface area contributed by atoms with Gasteiger partial charge in [0.25, 0.3) is 29.3 Å². The summed E-state index contributed by atoms with van der Waals surface area (Å²) in [6.45, 7) is 14.9. The summed E-state index contributed by atoms with van der Waals surface area (Å²) in [5.41, 5.74) is 3.10. The second-order valence-electron chi connectivity index (χ2n) is 10.8. The predicted octanol–water partition coefficient (Wildman–Crippen LogP) is 6.19. The molecule has 1 aliphatic carbocycles. The van der Waals surface area contributed by atoms with Crippen LogP contribution in [0.2, 0.25) is 0 Å². The SMILES string of the molecule is [C-]#[N+]C1=C(C)/C(=C\c2cc3sc4c5c(sc4c3s2)C=C(/C=C2/C(=O)N(C)C(=O)C(C#N)=C2C)C5(C)C)C(=O)N(C)C1=O. The molecule has 0 fully saturated rings. The van der Waals surface area contributed by atoms with E-state index in [-0.39, 0.29) is 11.3 Å². The maximum atomic E-state index is 13.0. The largest absolute Gasteiger partial charge is 0.287 e. The molecule has 0 aromatic carbocycles. The lowest BCUT2D eigenvalue weighted by molar-refractivity contribution is -0.140. The zero-order valence-corrected chi connectivity index (χ0v) is 25.9. The molecule has 0 saturated heterocycles. The van der Waals surface area contributed by atoms with Crippen LogP contribution in [0.3, 0.4) is 0 Å². The van der Waals surface area contributed by atoms with Crippen LogP contribution in [0.1, 0.15) is 43.0 Å².